The highest BCUT2D eigenvalue weighted by molar-refractivity contribution is 9.10. The lowest BCUT2D eigenvalue weighted by atomic mass is 10.1. The Kier molecular flexibility index (Phi) is 4.22. The number of carbonyl (C=O) groups is 1. The molecule has 21 heavy (non-hydrogen) atoms. The van der Waals surface area contributed by atoms with Crippen LogP contribution in [0.4, 0.5) is 8.78 Å². The number of ketones is 1. The monoisotopic (exact) mass is 370 g/mol. The highest BCUT2D eigenvalue weighted by atomic mass is 79.9. The molecule has 0 saturated heterocycles. The largest absolute Gasteiger partial charge is 0.287 e. The van der Waals surface area contributed by atoms with Crippen LogP contribution < -0.4 is 0 Å². The van der Waals surface area contributed by atoms with Gasteiger partial charge < -0.3 is 0 Å². The van der Waals surface area contributed by atoms with Crippen molar-refractivity contribution < 1.29 is 13.6 Å². The average molecular weight is 371 g/mol. The van der Waals surface area contributed by atoms with E-state index in [9.17, 15) is 13.6 Å². The summed E-state index contributed by atoms with van der Waals surface area (Å²) in [4.78, 5) is 14.1. The van der Waals surface area contributed by atoms with Gasteiger partial charge in [0.1, 0.15) is 5.82 Å². The fraction of sp³-hybridized carbons (Fsp3) is 0.312. The summed E-state index contributed by atoms with van der Waals surface area (Å²) in [6.07, 6.45) is 5.32. The molecule has 1 aliphatic carbocycles. The lowest BCUT2D eigenvalue weighted by Gasteiger charge is -2.04. The van der Waals surface area contributed by atoms with E-state index in [1.807, 2.05) is 6.07 Å². The number of benzene rings is 1. The van der Waals surface area contributed by atoms with E-state index in [0.717, 1.165) is 37.3 Å². The Morgan fingerprint density at radius 3 is 2.71 bits per heavy atom. The summed E-state index contributed by atoms with van der Waals surface area (Å²) in [5.41, 5.74) is 0.692. The Morgan fingerprint density at radius 1 is 1.14 bits per heavy atom. The third-order valence-corrected chi connectivity index (χ3v) is 5.59. The lowest BCUT2D eigenvalue weighted by molar-refractivity contribution is 0.103. The summed E-state index contributed by atoms with van der Waals surface area (Å²) in [7, 11) is 0. The molecular weight excluding hydrogens is 358 g/mol. The van der Waals surface area contributed by atoms with Crippen LogP contribution in [0.2, 0.25) is 0 Å². The molecule has 5 heteroatoms. The number of thiophene rings is 1. The van der Waals surface area contributed by atoms with E-state index >= 15 is 0 Å². The SMILES string of the molecule is O=C(c1cc2c(s1)CCCCC2)c1c(F)ccc(Br)c1F. The van der Waals surface area contributed by atoms with Gasteiger partial charge in [-0.1, -0.05) is 6.42 Å². The van der Waals surface area contributed by atoms with E-state index in [1.54, 1.807) is 0 Å². The molecule has 0 unspecified atom stereocenters. The maximum Gasteiger partial charge on any atom is 0.208 e. The molecule has 0 amide bonds. The van der Waals surface area contributed by atoms with E-state index in [2.05, 4.69) is 15.9 Å². The van der Waals surface area contributed by atoms with Gasteiger partial charge in [0.15, 0.2) is 5.82 Å². The highest BCUT2D eigenvalue weighted by Gasteiger charge is 2.24. The quantitative estimate of drug-likeness (QED) is 0.398. The van der Waals surface area contributed by atoms with Gasteiger partial charge in [0.05, 0.1) is 14.9 Å². The molecule has 0 radical (unpaired) electrons. The first kappa shape index (κ1) is 14.9. The topological polar surface area (TPSA) is 17.1 Å². The van der Waals surface area contributed by atoms with E-state index in [1.165, 1.54) is 28.7 Å². The molecule has 3 rings (SSSR count). The Morgan fingerprint density at radius 2 is 1.90 bits per heavy atom. The standard InChI is InChI=1S/C16H13BrF2OS/c17-10-6-7-11(18)14(15(10)19)16(20)13-8-9-4-2-1-3-5-12(9)21-13/h6-8H,1-5H2. The van der Waals surface area contributed by atoms with Gasteiger partial charge in [0.2, 0.25) is 5.78 Å². The Balaban J connectivity index is 2.02. The lowest BCUT2D eigenvalue weighted by Crippen LogP contribution is -2.06. The van der Waals surface area contributed by atoms with Crippen molar-refractivity contribution in [2.45, 2.75) is 32.1 Å². The average Bonchev–Trinajstić information content (AvgIpc) is 2.74. The zero-order chi connectivity index (χ0) is 15.0. The summed E-state index contributed by atoms with van der Waals surface area (Å²) in [5, 5.41) is 0. The van der Waals surface area contributed by atoms with Crippen molar-refractivity contribution in [1.82, 2.24) is 0 Å². The van der Waals surface area contributed by atoms with Crippen LogP contribution in [0.3, 0.4) is 0 Å². The van der Waals surface area contributed by atoms with Gasteiger partial charge in [0, 0.05) is 4.88 Å². The molecule has 0 saturated carbocycles. The summed E-state index contributed by atoms with van der Waals surface area (Å²) < 4.78 is 28.0. The summed E-state index contributed by atoms with van der Waals surface area (Å²) in [6, 6.07) is 4.19. The van der Waals surface area contributed by atoms with Crippen molar-refractivity contribution in [1.29, 1.82) is 0 Å². The molecule has 1 heterocycles. The first-order chi connectivity index (χ1) is 10.1. The Bertz CT molecular complexity index is 685. The molecule has 110 valence electrons. The minimum Gasteiger partial charge on any atom is -0.287 e. The van der Waals surface area contributed by atoms with Crippen molar-refractivity contribution in [3.8, 4) is 0 Å². The fourth-order valence-corrected chi connectivity index (χ4v) is 4.17. The van der Waals surface area contributed by atoms with Crippen LogP contribution in [0.1, 0.15) is 44.9 Å². The van der Waals surface area contributed by atoms with Gasteiger partial charge >= 0.3 is 0 Å². The number of carbonyl (C=O) groups excluding carboxylic acids is 1. The molecule has 0 aliphatic heterocycles. The summed E-state index contributed by atoms with van der Waals surface area (Å²) in [6.45, 7) is 0. The zero-order valence-electron chi connectivity index (χ0n) is 11.2. The van der Waals surface area contributed by atoms with Gasteiger partial charge in [-0.3, -0.25) is 4.79 Å². The van der Waals surface area contributed by atoms with Crippen LogP contribution >= 0.6 is 27.3 Å². The van der Waals surface area contributed by atoms with Crippen LogP contribution in [-0.4, -0.2) is 5.78 Å². The van der Waals surface area contributed by atoms with E-state index in [4.69, 9.17) is 0 Å². The van der Waals surface area contributed by atoms with E-state index < -0.39 is 23.0 Å². The number of aryl methyl sites for hydroxylation is 2. The minimum absolute atomic E-state index is 0.102. The van der Waals surface area contributed by atoms with E-state index in [-0.39, 0.29) is 4.47 Å². The first-order valence-corrected chi connectivity index (χ1v) is 8.48. The van der Waals surface area contributed by atoms with Crippen LogP contribution in [0.25, 0.3) is 0 Å². The molecule has 0 N–H and O–H groups in total. The Labute approximate surface area is 134 Å². The van der Waals surface area contributed by atoms with Crippen LogP contribution in [0, 0.1) is 11.6 Å². The van der Waals surface area contributed by atoms with Gasteiger partial charge in [-0.2, -0.15) is 0 Å². The normalized spacial score (nSPS) is 14.6. The minimum atomic E-state index is -0.830. The van der Waals surface area contributed by atoms with Crippen molar-refractivity contribution in [3.63, 3.8) is 0 Å². The van der Waals surface area contributed by atoms with Crippen LogP contribution in [-0.2, 0) is 12.8 Å². The van der Waals surface area contributed by atoms with Crippen molar-refractivity contribution in [3.05, 3.63) is 55.2 Å². The molecule has 2 aromatic rings. The van der Waals surface area contributed by atoms with Crippen molar-refractivity contribution in [2.75, 3.05) is 0 Å². The van der Waals surface area contributed by atoms with Gasteiger partial charge in [-0.05, 0) is 65.4 Å². The highest BCUT2D eigenvalue weighted by Crippen LogP contribution is 2.32. The molecule has 1 aliphatic rings. The first-order valence-electron chi connectivity index (χ1n) is 6.87. The maximum atomic E-state index is 14.0. The summed E-state index contributed by atoms with van der Waals surface area (Å²) in [5.74, 6) is -2.21. The van der Waals surface area contributed by atoms with Gasteiger partial charge in [-0.15, -0.1) is 11.3 Å². The Hall–Kier alpha value is -1.07. The predicted octanol–water partition coefficient (Wildman–Crippen LogP) is 5.29. The second kappa shape index (κ2) is 5.97. The third kappa shape index (κ3) is 2.81. The molecule has 1 aromatic heterocycles. The molecule has 0 bridgehead atoms. The molecule has 1 aromatic carbocycles. The molecule has 0 fully saturated rings. The number of fused-ring (bicyclic) bond motifs is 1. The maximum absolute atomic E-state index is 14.0. The van der Waals surface area contributed by atoms with Gasteiger partial charge in [-0.25, -0.2) is 8.78 Å². The smallest absolute Gasteiger partial charge is 0.208 e. The zero-order valence-corrected chi connectivity index (χ0v) is 13.6. The second-order valence-electron chi connectivity index (χ2n) is 5.17. The molecule has 0 atom stereocenters. The molecule has 1 nitrogen and oxygen atoms in total. The number of hydrogen-bond acceptors (Lipinski definition) is 2. The number of rotatable bonds is 2. The van der Waals surface area contributed by atoms with Crippen molar-refractivity contribution >= 4 is 33.0 Å². The van der Waals surface area contributed by atoms with Crippen molar-refractivity contribution in [2.24, 2.45) is 0 Å². The van der Waals surface area contributed by atoms with Crippen LogP contribution in [0.15, 0.2) is 22.7 Å². The number of hydrogen-bond donors (Lipinski definition) is 0. The number of halogens is 3. The van der Waals surface area contributed by atoms with E-state index in [0.29, 0.717) is 4.88 Å². The van der Waals surface area contributed by atoms with Gasteiger partial charge in [0.25, 0.3) is 0 Å². The fourth-order valence-electron chi connectivity index (χ4n) is 2.64. The second-order valence-corrected chi connectivity index (χ2v) is 7.16. The summed E-state index contributed by atoms with van der Waals surface area (Å²) >= 11 is 4.37. The van der Waals surface area contributed by atoms with Crippen LogP contribution in [0.5, 0.6) is 0 Å². The molecular formula is C16H13BrF2OS. The predicted molar refractivity (Wildman–Crippen MR) is 83.1 cm³/mol. The molecule has 0 spiro atoms. The third-order valence-electron chi connectivity index (χ3n) is 3.74.